The maximum Gasteiger partial charge on any atom is 0.140 e. The average molecular weight is 363 g/mol. The number of nitrogens with two attached hydrogens (primary N) is 1. The fourth-order valence-electron chi connectivity index (χ4n) is 2.21. The lowest BCUT2D eigenvalue weighted by Gasteiger charge is -2.23. The van der Waals surface area contributed by atoms with E-state index in [1.807, 2.05) is 6.07 Å². The van der Waals surface area contributed by atoms with Crippen LogP contribution in [-0.4, -0.2) is 17.1 Å². The van der Waals surface area contributed by atoms with Crippen molar-refractivity contribution < 1.29 is 0 Å². The first-order chi connectivity index (χ1) is 8.16. The molecule has 3 N–H and O–H groups in total. The Hall–Kier alpha value is -0.130. The Bertz CT molecular complexity index is 384. The number of pyridine rings is 1. The van der Waals surface area contributed by atoms with Crippen molar-refractivity contribution >= 4 is 37.7 Å². The van der Waals surface area contributed by atoms with E-state index in [0.717, 1.165) is 27.6 Å². The molecule has 0 aliphatic heterocycles. The Morgan fingerprint density at radius 3 is 2.76 bits per heavy atom. The molecule has 17 heavy (non-hydrogen) atoms. The van der Waals surface area contributed by atoms with E-state index in [2.05, 4.69) is 42.2 Å². The number of nitrogens with one attached hydrogen (secondary N) is 1. The second-order valence-electron chi connectivity index (χ2n) is 4.54. The number of halogens is 2. The van der Waals surface area contributed by atoms with Crippen LogP contribution in [-0.2, 0) is 0 Å². The molecule has 94 valence electrons. The van der Waals surface area contributed by atoms with Crippen molar-refractivity contribution in [1.82, 2.24) is 4.98 Å². The summed E-state index contributed by atoms with van der Waals surface area (Å²) in [5.74, 6) is 0.885. The molecule has 2 rings (SSSR count). The molecule has 0 radical (unpaired) electrons. The van der Waals surface area contributed by atoms with Gasteiger partial charge in [-0.25, -0.2) is 4.98 Å². The highest BCUT2D eigenvalue weighted by Crippen LogP contribution is 2.26. The molecule has 1 aliphatic rings. The summed E-state index contributed by atoms with van der Waals surface area (Å²) in [5, 5.41) is 3.46. The van der Waals surface area contributed by atoms with Crippen LogP contribution in [0.4, 0.5) is 5.82 Å². The van der Waals surface area contributed by atoms with Gasteiger partial charge in [0.15, 0.2) is 0 Å². The van der Waals surface area contributed by atoms with Crippen LogP contribution >= 0.6 is 31.9 Å². The van der Waals surface area contributed by atoms with Gasteiger partial charge in [0.1, 0.15) is 5.82 Å². The summed E-state index contributed by atoms with van der Waals surface area (Å²) in [6.45, 7) is 0. The molecule has 0 spiro atoms. The van der Waals surface area contributed by atoms with Crippen LogP contribution in [0.15, 0.2) is 21.2 Å². The molecule has 1 aromatic rings. The van der Waals surface area contributed by atoms with E-state index >= 15 is 0 Å². The highest BCUT2D eigenvalue weighted by molar-refractivity contribution is 9.11. The number of hydrogen-bond acceptors (Lipinski definition) is 3. The molecule has 0 bridgehead atoms. The summed E-state index contributed by atoms with van der Waals surface area (Å²) in [4.78, 5) is 4.38. The van der Waals surface area contributed by atoms with Crippen LogP contribution in [0.3, 0.4) is 0 Å². The zero-order valence-electron chi connectivity index (χ0n) is 9.63. The van der Waals surface area contributed by atoms with E-state index in [-0.39, 0.29) is 6.04 Å². The Labute approximate surface area is 119 Å². The molecule has 5 heteroatoms. The molecule has 1 saturated carbocycles. The van der Waals surface area contributed by atoms with Gasteiger partial charge in [-0.05, 0) is 50.8 Å². The van der Waals surface area contributed by atoms with Crippen molar-refractivity contribution in [3.63, 3.8) is 0 Å². The third-order valence-electron chi connectivity index (χ3n) is 3.20. The van der Waals surface area contributed by atoms with Crippen LogP contribution in [0.1, 0.15) is 32.1 Å². The Morgan fingerprint density at radius 1 is 1.24 bits per heavy atom. The molecule has 3 nitrogen and oxygen atoms in total. The molecule has 2 atom stereocenters. The molecule has 1 aliphatic carbocycles. The Balaban J connectivity index is 2.08. The van der Waals surface area contributed by atoms with Gasteiger partial charge in [-0.15, -0.1) is 0 Å². The molecule has 0 aromatic carbocycles. The number of rotatable bonds is 2. The molecule has 2 unspecified atom stereocenters. The van der Waals surface area contributed by atoms with Gasteiger partial charge in [-0.1, -0.05) is 19.3 Å². The lowest BCUT2D eigenvalue weighted by atomic mass is 10.0. The van der Waals surface area contributed by atoms with Crippen LogP contribution in [0.25, 0.3) is 0 Å². The van der Waals surface area contributed by atoms with Crippen molar-refractivity contribution in [2.75, 3.05) is 5.32 Å². The second kappa shape index (κ2) is 6.16. The van der Waals surface area contributed by atoms with Gasteiger partial charge in [-0.2, -0.15) is 0 Å². The van der Waals surface area contributed by atoms with Gasteiger partial charge < -0.3 is 11.1 Å². The SMILES string of the molecule is NC1CCCCCC1Nc1ncc(Br)cc1Br. The molecule has 0 amide bonds. The number of anilines is 1. The molecule has 1 aromatic heterocycles. The van der Waals surface area contributed by atoms with Gasteiger partial charge in [0.05, 0.1) is 4.47 Å². The normalized spacial score (nSPS) is 25.4. The van der Waals surface area contributed by atoms with Crippen molar-refractivity contribution in [2.45, 2.75) is 44.2 Å². The molecular formula is C12H17Br2N3. The maximum absolute atomic E-state index is 6.19. The monoisotopic (exact) mass is 361 g/mol. The van der Waals surface area contributed by atoms with E-state index < -0.39 is 0 Å². The highest BCUT2D eigenvalue weighted by Gasteiger charge is 2.21. The van der Waals surface area contributed by atoms with Crippen LogP contribution in [0.5, 0.6) is 0 Å². The zero-order chi connectivity index (χ0) is 12.3. The smallest absolute Gasteiger partial charge is 0.140 e. The summed E-state index contributed by atoms with van der Waals surface area (Å²) in [5.41, 5.74) is 6.19. The number of nitrogens with zero attached hydrogens (tertiary/aromatic N) is 1. The first-order valence-electron chi connectivity index (χ1n) is 6.00. The van der Waals surface area contributed by atoms with E-state index in [9.17, 15) is 0 Å². The van der Waals surface area contributed by atoms with Crippen molar-refractivity contribution in [3.05, 3.63) is 21.2 Å². The zero-order valence-corrected chi connectivity index (χ0v) is 12.8. The number of hydrogen-bond donors (Lipinski definition) is 2. The van der Waals surface area contributed by atoms with Gasteiger partial charge in [0.25, 0.3) is 0 Å². The first-order valence-corrected chi connectivity index (χ1v) is 7.58. The molecule has 1 fully saturated rings. The van der Waals surface area contributed by atoms with E-state index in [4.69, 9.17) is 5.73 Å². The first kappa shape index (κ1) is 13.3. The predicted octanol–water partition coefficient (Wildman–Crippen LogP) is 3.68. The van der Waals surface area contributed by atoms with Crippen molar-refractivity contribution in [3.8, 4) is 0 Å². The van der Waals surface area contributed by atoms with Crippen LogP contribution in [0.2, 0.25) is 0 Å². The quantitative estimate of drug-likeness (QED) is 0.789. The minimum Gasteiger partial charge on any atom is -0.365 e. The lowest BCUT2D eigenvalue weighted by Crippen LogP contribution is -2.39. The molecule has 0 saturated heterocycles. The molecular weight excluding hydrogens is 346 g/mol. The minimum atomic E-state index is 0.231. The standard InChI is InChI=1S/C12H17Br2N3/c13-8-6-9(14)12(16-7-8)17-11-5-3-1-2-4-10(11)15/h6-7,10-11H,1-5,15H2,(H,16,17). The van der Waals surface area contributed by atoms with Crippen LogP contribution in [0, 0.1) is 0 Å². The van der Waals surface area contributed by atoms with Gasteiger partial charge in [0, 0.05) is 22.8 Å². The third-order valence-corrected chi connectivity index (χ3v) is 4.24. The topological polar surface area (TPSA) is 50.9 Å². The fourth-order valence-corrected chi connectivity index (χ4v) is 3.31. The Kier molecular flexibility index (Phi) is 4.82. The van der Waals surface area contributed by atoms with Crippen molar-refractivity contribution in [2.24, 2.45) is 5.73 Å². The minimum absolute atomic E-state index is 0.231. The summed E-state index contributed by atoms with van der Waals surface area (Å²) >= 11 is 6.92. The number of aromatic nitrogens is 1. The van der Waals surface area contributed by atoms with Gasteiger partial charge >= 0.3 is 0 Å². The van der Waals surface area contributed by atoms with E-state index in [1.165, 1.54) is 19.3 Å². The summed E-state index contributed by atoms with van der Waals surface area (Å²) in [7, 11) is 0. The highest BCUT2D eigenvalue weighted by atomic mass is 79.9. The fraction of sp³-hybridized carbons (Fsp3) is 0.583. The van der Waals surface area contributed by atoms with Crippen LogP contribution < -0.4 is 11.1 Å². The summed E-state index contributed by atoms with van der Waals surface area (Å²) in [6.07, 6.45) is 7.82. The van der Waals surface area contributed by atoms with E-state index in [1.54, 1.807) is 6.20 Å². The summed E-state index contributed by atoms with van der Waals surface area (Å²) in [6, 6.07) is 2.56. The lowest BCUT2D eigenvalue weighted by molar-refractivity contribution is 0.527. The molecule has 1 heterocycles. The van der Waals surface area contributed by atoms with Gasteiger partial charge in [-0.3, -0.25) is 0 Å². The predicted molar refractivity (Wildman–Crippen MR) is 78.1 cm³/mol. The Morgan fingerprint density at radius 2 is 2.00 bits per heavy atom. The average Bonchev–Trinajstić information content (AvgIpc) is 2.48. The summed E-state index contributed by atoms with van der Waals surface area (Å²) < 4.78 is 1.95. The van der Waals surface area contributed by atoms with E-state index in [0.29, 0.717) is 6.04 Å². The van der Waals surface area contributed by atoms with Crippen molar-refractivity contribution in [1.29, 1.82) is 0 Å². The van der Waals surface area contributed by atoms with Gasteiger partial charge in [0.2, 0.25) is 0 Å². The third kappa shape index (κ3) is 3.66. The second-order valence-corrected chi connectivity index (χ2v) is 6.31. The largest absolute Gasteiger partial charge is 0.365 e. The maximum atomic E-state index is 6.19.